The SMILES string of the molecule is CCOCCOc1ccccc1C(=O)NCCNc1ccc(S(C)(=O)=O)cc1[N+](=O)[O-]. The average molecular weight is 452 g/mol. The van der Waals surface area contributed by atoms with Crippen LogP contribution in [0.3, 0.4) is 0 Å². The number of carbonyl (C=O) groups is 1. The summed E-state index contributed by atoms with van der Waals surface area (Å²) in [6, 6.07) is 10.4. The van der Waals surface area contributed by atoms with Crippen molar-refractivity contribution < 1.29 is 27.6 Å². The maximum Gasteiger partial charge on any atom is 0.293 e. The Hall–Kier alpha value is -3.18. The van der Waals surface area contributed by atoms with Crippen LogP contribution in [-0.2, 0) is 14.6 Å². The van der Waals surface area contributed by atoms with Crippen molar-refractivity contribution >= 4 is 27.1 Å². The second-order valence-electron chi connectivity index (χ2n) is 6.43. The molecule has 0 aromatic heterocycles. The molecule has 0 unspecified atom stereocenters. The van der Waals surface area contributed by atoms with Crippen LogP contribution in [0.1, 0.15) is 17.3 Å². The summed E-state index contributed by atoms with van der Waals surface area (Å²) < 4.78 is 34.0. The zero-order valence-corrected chi connectivity index (χ0v) is 18.1. The highest BCUT2D eigenvalue weighted by atomic mass is 32.2. The summed E-state index contributed by atoms with van der Waals surface area (Å²) in [4.78, 5) is 22.9. The molecule has 2 aromatic rings. The third kappa shape index (κ3) is 7.23. The highest BCUT2D eigenvalue weighted by Crippen LogP contribution is 2.27. The van der Waals surface area contributed by atoms with Gasteiger partial charge >= 0.3 is 0 Å². The van der Waals surface area contributed by atoms with Gasteiger partial charge in [0.05, 0.1) is 22.0 Å². The number of para-hydroxylation sites is 1. The first-order valence-corrected chi connectivity index (χ1v) is 11.4. The number of sulfone groups is 1. The summed E-state index contributed by atoms with van der Waals surface area (Å²) in [7, 11) is -3.57. The molecule has 10 nitrogen and oxygen atoms in total. The quantitative estimate of drug-likeness (QED) is 0.285. The van der Waals surface area contributed by atoms with E-state index in [1.54, 1.807) is 24.3 Å². The molecule has 0 atom stereocenters. The molecule has 1 amide bonds. The standard InChI is InChI=1S/C20H25N3O7S/c1-3-29-12-13-30-19-7-5-4-6-16(19)20(24)22-11-10-21-17-9-8-15(31(2,27)28)14-18(17)23(25)26/h4-9,14,21H,3,10-13H2,1-2H3,(H,22,24). The maximum atomic E-state index is 12.5. The summed E-state index contributed by atoms with van der Waals surface area (Å²) in [5, 5.41) is 16.8. The van der Waals surface area contributed by atoms with Crippen molar-refractivity contribution in [3.8, 4) is 5.75 Å². The number of benzene rings is 2. The summed E-state index contributed by atoms with van der Waals surface area (Å²) >= 11 is 0. The smallest absolute Gasteiger partial charge is 0.293 e. The second-order valence-corrected chi connectivity index (χ2v) is 8.45. The van der Waals surface area contributed by atoms with Gasteiger partial charge in [-0.3, -0.25) is 14.9 Å². The van der Waals surface area contributed by atoms with Gasteiger partial charge in [-0.2, -0.15) is 0 Å². The van der Waals surface area contributed by atoms with E-state index in [1.807, 2.05) is 6.92 Å². The van der Waals surface area contributed by atoms with E-state index in [9.17, 15) is 23.3 Å². The van der Waals surface area contributed by atoms with Crippen LogP contribution in [0.4, 0.5) is 11.4 Å². The van der Waals surface area contributed by atoms with Gasteiger partial charge in [-0.1, -0.05) is 12.1 Å². The first-order valence-electron chi connectivity index (χ1n) is 9.54. The van der Waals surface area contributed by atoms with Crippen molar-refractivity contribution in [2.75, 3.05) is 44.5 Å². The number of carbonyl (C=O) groups excluding carboxylic acids is 1. The summed E-state index contributed by atoms with van der Waals surface area (Å²) in [6.07, 6.45) is 0.979. The van der Waals surface area contributed by atoms with Crippen molar-refractivity contribution in [2.24, 2.45) is 0 Å². The molecule has 0 aliphatic carbocycles. The third-order valence-corrected chi connectivity index (χ3v) is 5.25. The van der Waals surface area contributed by atoms with Crippen LogP contribution in [0.5, 0.6) is 5.75 Å². The molecule has 0 spiro atoms. The lowest BCUT2D eigenvalue weighted by molar-refractivity contribution is -0.384. The lowest BCUT2D eigenvalue weighted by atomic mass is 10.2. The van der Waals surface area contributed by atoms with E-state index in [-0.39, 0.29) is 35.3 Å². The van der Waals surface area contributed by atoms with Crippen molar-refractivity contribution in [3.05, 3.63) is 58.1 Å². The number of hydrogen-bond acceptors (Lipinski definition) is 8. The van der Waals surface area contributed by atoms with E-state index < -0.39 is 14.8 Å². The van der Waals surface area contributed by atoms with Gasteiger partial charge < -0.3 is 20.1 Å². The van der Waals surface area contributed by atoms with Gasteiger partial charge in [0.1, 0.15) is 18.0 Å². The predicted octanol–water partition coefficient (Wildman–Crippen LogP) is 2.26. The highest BCUT2D eigenvalue weighted by Gasteiger charge is 2.18. The van der Waals surface area contributed by atoms with E-state index in [4.69, 9.17) is 9.47 Å². The Morgan fingerprint density at radius 2 is 1.87 bits per heavy atom. The summed E-state index contributed by atoms with van der Waals surface area (Å²) in [5.41, 5.74) is 0.163. The first-order chi connectivity index (χ1) is 14.7. The number of hydrogen-bond donors (Lipinski definition) is 2. The topological polar surface area (TPSA) is 137 Å². The number of ether oxygens (including phenoxy) is 2. The second kappa shape index (κ2) is 11.3. The van der Waals surface area contributed by atoms with Gasteiger partial charge in [-0.25, -0.2) is 8.42 Å². The first kappa shape index (κ1) is 24.1. The molecule has 168 valence electrons. The van der Waals surface area contributed by atoms with Gasteiger partial charge in [0.2, 0.25) is 0 Å². The fourth-order valence-electron chi connectivity index (χ4n) is 2.65. The van der Waals surface area contributed by atoms with E-state index in [0.717, 1.165) is 12.3 Å². The molecule has 2 aromatic carbocycles. The number of nitrogens with one attached hydrogen (secondary N) is 2. The minimum absolute atomic E-state index is 0.140. The number of nitro groups is 1. The lowest BCUT2D eigenvalue weighted by Gasteiger charge is -2.12. The third-order valence-electron chi connectivity index (χ3n) is 4.14. The van der Waals surface area contributed by atoms with Gasteiger partial charge in [0.15, 0.2) is 9.84 Å². The lowest BCUT2D eigenvalue weighted by Crippen LogP contribution is -2.29. The zero-order valence-electron chi connectivity index (χ0n) is 17.3. The van der Waals surface area contributed by atoms with Crippen LogP contribution in [0.2, 0.25) is 0 Å². The number of rotatable bonds is 12. The minimum atomic E-state index is -3.57. The average Bonchev–Trinajstić information content (AvgIpc) is 2.73. The summed E-state index contributed by atoms with van der Waals surface area (Å²) in [6.45, 7) is 3.55. The monoisotopic (exact) mass is 451 g/mol. The zero-order chi connectivity index (χ0) is 22.9. The molecule has 2 N–H and O–H groups in total. The molecule has 11 heteroatoms. The Morgan fingerprint density at radius 3 is 2.55 bits per heavy atom. The van der Waals surface area contributed by atoms with E-state index >= 15 is 0 Å². The van der Waals surface area contributed by atoms with E-state index in [2.05, 4.69) is 10.6 Å². The van der Waals surface area contributed by atoms with E-state index in [1.165, 1.54) is 12.1 Å². The van der Waals surface area contributed by atoms with Crippen LogP contribution in [0, 0.1) is 10.1 Å². The van der Waals surface area contributed by atoms with Crippen LogP contribution < -0.4 is 15.4 Å². The van der Waals surface area contributed by atoms with Crippen LogP contribution >= 0.6 is 0 Å². The molecule has 0 fully saturated rings. The number of nitro benzene ring substituents is 1. The summed E-state index contributed by atoms with van der Waals surface area (Å²) in [5.74, 6) is 0.0791. The van der Waals surface area contributed by atoms with Crippen LogP contribution in [0.25, 0.3) is 0 Å². The normalized spacial score (nSPS) is 11.0. The molecule has 0 aliphatic heterocycles. The van der Waals surface area contributed by atoms with Crippen molar-refractivity contribution in [3.63, 3.8) is 0 Å². The predicted molar refractivity (Wildman–Crippen MR) is 115 cm³/mol. The Balaban J connectivity index is 1.95. The van der Waals surface area contributed by atoms with Gasteiger partial charge in [0.25, 0.3) is 11.6 Å². The van der Waals surface area contributed by atoms with Crippen LogP contribution in [-0.4, -0.2) is 58.4 Å². The Labute approximate surface area is 180 Å². The molecular weight excluding hydrogens is 426 g/mol. The Bertz CT molecular complexity index is 1030. The van der Waals surface area contributed by atoms with Gasteiger partial charge in [0, 0.05) is 32.0 Å². The molecule has 2 rings (SSSR count). The fourth-order valence-corrected chi connectivity index (χ4v) is 3.29. The Kier molecular flexibility index (Phi) is 8.76. The maximum absolute atomic E-state index is 12.5. The van der Waals surface area contributed by atoms with Crippen molar-refractivity contribution in [1.82, 2.24) is 5.32 Å². The minimum Gasteiger partial charge on any atom is -0.490 e. The fraction of sp³-hybridized carbons (Fsp3) is 0.350. The molecular formula is C20H25N3O7S. The molecule has 0 aliphatic rings. The molecule has 0 bridgehead atoms. The number of amides is 1. The van der Waals surface area contributed by atoms with Crippen molar-refractivity contribution in [2.45, 2.75) is 11.8 Å². The van der Waals surface area contributed by atoms with Gasteiger partial charge in [-0.05, 0) is 31.2 Å². The number of anilines is 1. The Morgan fingerprint density at radius 1 is 1.13 bits per heavy atom. The van der Waals surface area contributed by atoms with E-state index in [0.29, 0.717) is 31.1 Å². The molecule has 0 radical (unpaired) electrons. The molecule has 31 heavy (non-hydrogen) atoms. The molecule has 0 saturated carbocycles. The molecule has 0 heterocycles. The van der Waals surface area contributed by atoms with Gasteiger partial charge in [-0.15, -0.1) is 0 Å². The highest BCUT2D eigenvalue weighted by molar-refractivity contribution is 7.90. The largest absolute Gasteiger partial charge is 0.490 e. The van der Waals surface area contributed by atoms with Crippen molar-refractivity contribution in [1.29, 1.82) is 0 Å². The van der Waals surface area contributed by atoms with Crippen LogP contribution in [0.15, 0.2) is 47.4 Å². The molecule has 0 saturated heterocycles. The number of nitrogens with zero attached hydrogens (tertiary/aromatic N) is 1.